The van der Waals surface area contributed by atoms with E-state index in [1.165, 1.54) is 5.56 Å². The van der Waals surface area contributed by atoms with Gasteiger partial charge < -0.3 is 24.2 Å². The third-order valence-corrected chi connectivity index (χ3v) is 5.01. The van der Waals surface area contributed by atoms with Crippen LogP contribution in [0.2, 0.25) is 0 Å². The highest BCUT2D eigenvalue weighted by atomic mass is 127. The van der Waals surface area contributed by atoms with Gasteiger partial charge in [0.1, 0.15) is 12.6 Å². The van der Waals surface area contributed by atoms with Gasteiger partial charge in [-0.1, -0.05) is 35.5 Å². The third-order valence-electron chi connectivity index (χ3n) is 5.01. The Balaban J connectivity index is 0.00000341. The van der Waals surface area contributed by atoms with Crippen molar-refractivity contribution in [3.8, 4) is 0 Å². The molecule has 2 heterocycles. The number of benzene rings is 1. The minimum atomic E-state index is -0.181. The van der Waals surface area contributed by atoms with Crippen LogP contribution in [0, 0.1) is 5.92 Å². The van der Waals surface area contributed by atoms with E-state index < -0.39 is 0 Å². The summed E-state index contributed by atoms with van der Waals surface area (Å²) in [6, 6.07) is 10.3. The fourth-order valence-electron chi connectivity index (χ4n) is 3.47. The smallest absolute Gasteiger partial charge is 0.248 e. The van der Waals surface area contributed by atoms with Crippen LogP contribution in [0.3, 0.4) is 0 Å². The van der Waals surface area contributed by atoms with Gasteiger partial charge in [0.15, 0.2) is 11.8 Å². The molecule has 0 radical (unpaired) electrons. The van der Waals surface area contributed by atoms with Gasteiger partial charge in [-0.15, -0.1) is 24.0 Å². The zero-order valence-electron chi connectivity index (χ0n) is 18.6. The Morgan fingerprint density at radius 2 is 2.13 bits per heavy atom. The topological polar surface area (TPSA) is 85.0 Å². The van der Waals surface area contributed by atoms with Crippen LogP contribution >= 0.6 is 24.0 Å². The number of aliphatic imine (C=N–C) groups is 1. The van der Waals surface area contributed by atoms with Crippen molar-refractivity contribution in [3.63, 3.8) is 0 Å². The Morgan fingerprint density at radius 1 is 1.32 bits per heavy atom. The number of nitrogens with zero attached hydrogens (tertiary/aromatic N) is 4. The molecule has 1 saturated heterocycles. The fraction of sp³-hybridized carbons (Fsp3) is 0.591. The maximum atomic E-state index is 5.93. The average Bonchev–Trinajstić information content (AvgIpc) is 3.42. The lowest BCUT2D eigenvalue weighted by Gasteiger charge is -2.21. The van der Waals surface area contributed by atoms with Crippen molar-refractivity contribution in [1.29, 1.82) is 0 Å². The lowest BCUT2D eigenvalue weighted by molar-refractivity contribution is 0.0683. The Kier molecular flexibility index (Phi) is 11.2. The molecule has 172 valence electrons. The minimum Gasteiger partial charge on any atom is -0.376 e. The lowest BCUT2D eigenvalue weighted by Crippen LogP contribution is -2.40. The average molecular weight is 543 g/mol. The maximum absolute atomic E-state index is 5.93. The highest BCUT2D eigenvalue weighted by Gasteiger charge is 2.25. The molecule has 1 aliphatic rings. The van der Waals surface area contributed by atoms with Crippen LogP contribution in [-0.2, 0) is 22.6 Å². The second kappa shape index (κ2) is 13.6. The van der Waals surface area contributed by atoms with E-state index in [4.69, 9.17) is 19.0 Å². The van der Waals surface area contributed by atoms with E-state index >= 15 is 0 Å². The number of nitrogens with one attached hydrogen (secondary N) is 1. The van der Waals surface area contributed by atoms with Gasteiger partial charge >= 0.3 is 0 Å². The van der Waals surface area contributed by atoms with Gasteiger partial charge in [0, 0.05) is 32.2 Å². The number of rotatable bonds is 10. The van der Waals surface area contributed by atoms with E-state index in [1.54, 1.807) is 0 Å². The quantitative estimate of drug-likeness (QED) is 0.277. The molecule has 2 aromatic rings. The molecule has 0 saturated carbocycles. The number of hydrogen-bond acceptors (Lipinski definition) is 6. The summed E-state index contributed by atoms with van der Waals surface area (Å²) in [5.41, 5.74) is 1.21. The van der Waals surface area contributed by atoms with Gasteiger partial charge in [0.05, 0.1) is 13.2 Å². The van der Waals surface area contributed by atoms with Crippen LogP contribution in [0.1, 0.15) is 50.6 Å². The molecular formula is C22H34IN5O3. The van der Waals surface area contributed by atoms with Crippen molar-refractivity contribution in [2.75, 3.05) is 32.8 Å². The van der Waals surface area contributed by atoms with E-state index in [2.05, 4.69) is 39.4 Å². The van der Waals surface area contributed by atoms with Gasteiger partial charge in [0.25, 0.3) is 0 Å². The van der Waals surface area contributed by atoms with E-state index in [9.17, 15) is 0 Å². The van der Waals surface area contributed by atoms with Crippen LogP contribution in [0.5, 0.6) is 0 Å². The molecule has 1 aromatic carbocycles. The standard InChI is InChI=1S/C22H33N5O3.HI/c1-4-23-22(24-13-20-25-21(26-30-20)17(3)29-5-2)27-12-11-19(14-27)16-28-15-18-9-7-6-8-10-18;/h6-10,17,19H,4-5,11-16H2,1-3H3,(H,23,24);1H. The first-order valence-electron chi connectivity index (χ1n) is 10.8. The summed E-state index contributed by atoms with van der Waals surface area (Å²) in [4.78, 5) is 11.4. The summed E-state index contributed by atoms with van der Waals surface area (Å²) in [6.45, 7) is 11.0. The van der Waals surface area contributed by atoms with Crippen LogP contribution in [0.25, 0.3) is 0 Å². The van der Waals surface area contributed by atoms with Crippen molar-refractivity contribution in [1.82, 2.24) is 20.4 Å². The molecule has 1 aliphatic heterocycles. The van der Waals surface area contributed by atoms with Gasteiger partial charge in [-0.2, -0.15) is 4.98 Å². The molecule has 9 heteroatoms. The summed E-state index contributed by atoms with van der Waals surface area (Å²) < 4.78 is 16.8. The minimum absolute atomic E-state index is 0. The zero-order valence-corrected chi connectivity index (χ0v) is 21.0. The number of hydrogen-bond donors (Lipinski definition) is 1. The molecular weight excluding hydrogens is 509 g/mol. The second-order valence-electron chi connectivity index (χ2n) is 7.42. The van der Waals surface area contributed by atoms with Crippen LogP contribution in [0.4, 0.5) is 0 Å². The van der Waals surface area contributed by atoms with Crippen molar-refractivity contribution < 1.29 is 14.0 Å². The summed E-state index contributed by atoms with van der Waals surface area (Å²) >= 11 is 0. The number of ether oxygens (including phenoxy) is 2. The number of guanidine groups is 1. The summed E-state index contributed by atoms with van der Waals surface area (Å²) in [5.74, 6) is 2.43. The molecule has 0 aliphatic carbocycles. The second-order valence-corrected chi connectivity index (χ2v) is 7.42. The highest BCUT2D eigenvalue weighted by molar-refractivity contribution is 14.0. The normalized spacial score (nSPS) is 17.5. The summed E-state index contributed by atoms with van der Waals surface area (Å²) in [6.07, 6.45) is 0.912. The molecule has 0 bridgehead atoms. The van der Waals surface area contributed by atoms with Crippen LogP contribution in [-0.4, -0.2) is 53.8 Å². The first-order chi connectivity index (χ1) is 14.7. The monoisotopic (exact) mass is 543 g/mol. The number of likely N-dealkylation sites (tertiary alicyclic amines) is 1. The molecule has 3 rings (SSSR count). The van der Waals surface area contributed by atoms with E-state index in [1.807, 2.05) is 32.0 Å². The maximum Gasteiger partial charge on any atom is 0.248 e. The highest BCUT2D eigenvalue weighted by Crippen LogP contribution is 2.18. The Hall–Kier alpha value is -1.72. The predicted molar refractivity (Wildman–Crippen MR) is 130 cm³/mol. The summed E-state index contributed by atoms with van der Waals surface area (Å²) in [5, 5.41) is 7.36. The van der Waals surface area contributed by atoms with E-state index in [0.717, 1.165) is 38.6 Å². The van der Waals surface area contributed by atoms with Crippen LogP contribution < -0.4 is 5.32 Å². The largest absolute Gasteiger partial charge is 0.376 e. The number of halogens is 1. The van der Waals surface area contributed by atoms with Gasteiger partial charge in [-0.05, 0) is 32.8 Å². The molecule has 31 heavy (non-hydrogen) atoms. The number of aromatic nitrogens is 2. The van der Waals surface area contributed by atoms with Crippen molar-refractivity contribution in [3.05, 3.63) is 47.6 Å². The predicted octanol–water partition coefficient (Wildman–Crippen LogP) is 3.79. The van der Waals surface area contributed by atoms with Gasteiger partial charge in [-0.25, -0.2) is 4.99 Å². The van der Waals surface area contributed by atoms with Crippen molar-refractivity contribution in [2.24, 2.45) is 10.9 Å². The van der Waals surface area contributed by atoms with Gasteiger partial charge in [0.2, 0.25) is 5.89 Å². The molecule has 1 N–H and O–H groups in total. The van der Waals surface area contributed by atoms with Crippen molar-refractivity contribution in [2.45, 2.75) is 46.4 Å². The Labute approximate surface area is 201 Å². The molecule has 2 atom stereocenters. The fourth-order valence-corrected chi connectivity index (χ4v) is 3.47. The van der Waals surface area contributed by atoms with E-state index in [-0.39, 0.29) is 30.1 Å². The van der Waals surface area contributed by atoms with Crippen LogP contribution in [0.15, 0.2) is 39.8 Å². The molecule has 0 amide bonds. The SMILES string of the molecule is CCNC(=NCc1nc(C(C)OCC)no1)N1CCC(COCc2ccccc2)C1.I. The Bertz CT molecular complexity index is 786. The van der Waals surface area contributed by atoms with Crippen molar-refractivity contribution >= 4 is 29.9 Å². The van der Waals surface area contributed by atoms with Gasteiger partial charge in [-0.3, -0.25) is 0 Å². The first kappa shape index (κ1) is 25.5. The van der Waals surface area contributed by atoms with E-state index in [0.29, 0.717) is 37.4 Å². The molecule has 8 nitrogen and oxygen atoms in total. The molecule has 2 unspecified atom stereocenters. The molecule has 1 fully saturated rings. The molecule has 1 aromatic heterocycles. The lowest BCUT2D eigenvalue weighted by atomic mass is 10.1. The third kappa shape index (κ3) is 8.04. The summed E-state index contributed by atoms with van der Waals surface area (Å²) in [7, 11) is 0. The zero-order chi connectivity index (χ0) is 21.2. The Morgan fingerprint density at radius 3 is 2.87 bits per heavy atom. The molecule has 0 spiro atoms. The first-order valence-corrected chi connectivity index (χ1v) is 10.8.